The van der Waals surface area contributed by atoms with E-state index in [1.807, 2.05) is 0 Å². The van der Waals surface area contributed by atoms with Crippen LogP contribution in [0.4, 0.5) is 0 Å². The number of primary amides is 1. The lowest BCUT2D eigenvalue weighted by Crippen LogP contribution is -2.61. The molecule has 2 atom stereocenters. The van der Waals surface area contributed by atoms with Crippen LogP contribution in [0.3, 0.4) is 0 Å². The third-order valence-corrected chi connectivity index (χ3v) is 6.53. The van der Waals surface area contributed by atoms with Crippen molar-refractivity contribution in [3.8, 4) is 0 Å². The van der Waals surface area contributed by atoms with Crippen LogP contribution in [0.25, 0.3) is 0 Å². The first kappa shape index (κ1) is 23.4. The van der Waals surface area contributed by atoms with Crippen molar-refractivity contribution in [2.45, 2.75) is 25.4 Å². The van der Waals surface area contributed by atoms with Gasteiger partial charge in [-0.2, -0.15) is 17.4 Å². The van der Waals surface area contributed by atoms with Gasteiger partial charge in [0.25, 0.3) is 16.1 Å². The number of benzene rings is 1. The quantitative estimate of drug-likeness (QED) is 0.394. The molecule has 1 aliphatic heterocycles. The third kappa shape index (κ3) is 5.49. The molecule has 0 bridgehead atoms. The molecule has 2 heterocycles. The van der Waals surface area contributed by atoms with Crippen LogP contribution in [-0.4, -0.2) is 71.8 Å². The van der Waals surface area contributed by atoms with E-state index >= 15 is 0 Å². The molecule has 0 radical (unpaired) electrons. The zero-order chi connectivity index (χ0) is 23.3. The number of hydrogen-bond acceptors (Lipinski definition) is 6. The summed E-state index contributed by atoms with van der Waals surface area (Å²) in [6.45, 7) is 1.31. The molecule has 2 aromatic rings. The summed E-state index contributed by atoms with van der Waals surface area (Å²) >= 11 is 0. The number of aromatic nitrogens is 2. The van der Waals surface area contributed by atoms with E-state index < -0.39 is 40.0 Å². The van der Waals surface area contributed by atoms with Crippen molar-refractivity contribution in [1.29, 1.82) is 0 Å². The fraction of sp³-hybridized carbons (Fsp3) is 0.368. The van der Waals surface area contributed by atoms with Crippen LogP contribution in [0.2, 0.25) is 0 Å². The molecule has 4 N–H and O–H groups in total. The van der Waals surface area contributed by atoms with Crippen LogP contribution in [0.15, 0.2) is 49.1 Å². The topological polar surface area (TPSA) is 160 Å². The molecule has 13 heteroatoms. The number of amides is 3. The molecule has 0 aliphatic carbocycles. The smallest absolute Gasteiger partial charge is 0.280 e. The van der Waals surface area contributed by atoms with Gasteiger partial charge in [0.2, 0.25) is 11.8 Å². The molecule has 0 unspecified atom stereocenters. The summed E-state index contributed by atoms with van der Waals surface area (Å²) in [7, 11) is -4.19. The Morgan fingerprint density at radius 2 is 2.03 bits per heavy atom. The van der Waals surface area contributed by atoms with Crippen LogP contribution in [0.1, 0.15) is 12.5 Å². The minimum atomic E-state index is -4.19. The number of imidazole rings is 1. The summed E-state index contributed by atoms with van der Waals surface area (Å²) in [5.41, 5.74) is 6.13. The van der Waals surface area contributed by atoms with Crippen molar-refractivity contribution in [3.05, 3.63) is 54.6 Å². The first-order valence-corrected chi connectivity index (χ1v) is 11.3. The zero-order valence-electron chi connectivity index (χ0n) is 17.4. The van der Waals surface area contributed by atoms with Gasteiger partial charge in [0.15, 0.2) is 0 Å². The summed E-state index contributed by atoms with van der Waals surface area (Å²) in [5, 5.41) is 3.60. The maximum Gasteiger partial charge on any atom is 0.280 e. The molecule has 32 heavy (non-hydrogen) atoms. The average molecular weight is 464 g/mol. The van der Waals surface area contributed by atoms with E-state index in [0.717, 1.165) is 9.31 Å². The van der Waals surface area contributed by atoms with Gasteiger partial charge in [-0.1, -0.05) is 30.3 Å². The van der Waals surface area contributed by atoms with Crippen LogP contribution < -0.4 is 20.8 Å². The van der Waals surface area contributed by atoms with Crippen molar-refractivity contribution in [2.75, 3.05) is 24.6 Å². The lowest BCUT2D eigenvalue weighted by Gasteiger charge is -2.33. The highest BCUT2D eigenvalue weighted by molar-refractivity contribution is 7.87. The number of nitrogens with two attached hydrogens (primary N) is 1. The minimum absolute atomic E-state index is 0.00954. The van der Waals surface area contributed by atoms with Crippen molar-refractivity contribution in [1.82, 2.24) is 24.0 Å². The number of carbonyl (C=O) groups excluding carboxylic acids is 3. The lowest BCUT2D eigenvalue weighted by atomic mass is 10.1. The molecule has 0 saturated carbocycles. The molecule has 3 amide bonds. The van der Waals surface area contributed by atoms with Gasteiger partial charge in [-0.15, -0.1) is 0 Å². The van der Waals surface area contributed by atoms with Gasteiger partial charge in [0, 0.05) is 25.5 Å². The molecule has 1 saturated heterocycles. The SMILES string of the molecule is C[C@@H](C(N)=O)N(C(=O)[C@H](Cc1ccccc1)NS(=O)(=O)N1CCNC(=O)C1)n1ccnc1. The highest BCUT2D eigenvalue weighted by Gasteiger charge is 2.37. The fourth-order valence-corrected chi connectivity index (χ4v) is 4.58. The van der Waals surface area contributed by atoms with Gasteiger partial charge in [0.05, 0.1) is 6.54 Å². The Kier molecular flexibility index (Phi) is 7.22. The molecule has 1 aromatic carbocycles. The standard InChI is InChI=1S/C19H25N7O5S/c1-14(18(20)28)26(24-9-7-21-13-24)19(29)16(11-15-5-3-2-4-6-15)23-32(30,31)25-10-8-22-17(27)12-25/h2-7,9,13-14,16,23H,8,10-12H2,1H3,(H2,20,28)(H,22,27)/t14-,16-/m0/s1. The van der Waals surface area contributed by atoms with Crippen molar-refractivity contribution < 1.29 is 22.8 Å². The number of piperazine rings is 1. The molecule has 172 valence electrons. The van der Waals surface area contributed by atoms with Crippen molar-refractivity contribution >= 4 is 27.9 Å². The van der Waals surface area contributed by atoms with Gasteiger partial charge in [-0.05, 0) is 18.9 Å². The van der Waals surface area contributed by atoms with E-state index in [9.17, 15) is 22.8 Å². The fourth-order valence-electron chi connectivity index (χ4n) is 3.27. The van der Waals surface area contributed by atoms with E-state index in [1.54, 1.807) is 30.3 Å². The van der Waals surface area contributed by atoms with E-state index in [4.69, 9.17) is 5.73 Å². The highest BCUT2D eigenvalue weighted by Crippen LogP contribution is 2.12. The molecule has 1 aliphatic rings. The van der Waals surface area contributed by atoms with Crippen LogP contribution in [0, 0.1) is 0 Å². The number of hydrogen-bond donors (Lipinski definition) is 3. The molecule has 12 nitrogen and oxygen atoms in total. The van der Waals surface area contributed by atoms with Crippen molar-refractivity contribution in [3.63, 3.8) is 0 Å². The summed E-state index contributed by atoms with van der Waals surface area (Å²) < 4.78 is 30.7. The average Bonchev–Trinajstić information content (AvgIpc) is 3.28. The Morgan fingerprint density at radius 1 is 1.31 bits per heavy atom. The van der Waals surface area contributed by atoms with Gasteiger partial charge >= 0.3 is 0 Å². The molecule has 3 rings (SSSR count). The number of carbonyl (C=O) groups is 3. The molecule has 1 fully saturated rings. The second kappa shape index (κ2) is 9.89. The minimum Gasteiger partial charge on any atom is -0.368 e. The molecular formula is C19H25N7O5S. The maximum absolute atomic E-state index is 13.6. The van der Waals surface area contributed by atoms with E-state index in [0.29, 0.717) is 5.56 Å². The summed E-state index contributed by atoms with van der Waals surface area (Å²) in [4.78, 5) is 41.0. The summed E-state index contributed by atoms with van der Waals surface area (Å²) in [6.07, 6.45) is 4.17. The zero-order valence-corrected chi connectivity index (χ0v) is 18.2. The summed E-state index contributed by atoms with van der Waals surface area (Å²) in [5.74, 6) is -1.92. The Hall–Kier alpha value is -3.29. The van der Waals surface area contributed by atoms with E-state index in [1.165, 1.54) is 30.3 Å². The second-order valence-corrected chi connectivity index (χ2v) is 8.95. The second-order valence-electron chi connectivity index (χ2n) is 7.25. The normalized spacial score (nSPS) is 16.7. The first-order chi connectivity index (χ1) is 15.2. The predicted octanol–water partition coefficient (Wildman–Crippen LogP) is -1.90. The van der Waals surface area contributed by atoms with E-state index in [2.05, 4.69) is 15.0 Å². The van der Waals surface area contributed by atoms with Gasteiger partial charge < -0.3 is 11.1 Å². The number of nitrogens with zero attached hydrogens (tertiary/aromatic N) is 4. The Bertz CT molecular complexity index is 1060. The van der Waals surface area contributed by atoms with Crippen LogP contribution >= 0.6 is 0 Å². The van der Waals surface area contributed by atoms with Crippen molar-refractivity contribution in [2.24, 2.45) is 5.73 Å². The highest BCUT2D eigenvalue weighted by atomic mass is 32.2. The Balaban J connectivity index is 1.94. The molecule has 0 spiro atoms. The third-order valence-electron chi connectivity index (χ3n) is 4.96. The van der Waals surface area contributed by atoms with E-state index in [-0.39, 0.29) is 26.1 Å². The summed E-state index contributed by atoms with van der Waals surface area (Å²) in [6, 6.07) is 6.46. The number of rotatable bonds is 9. The Morgan fingerprint density at radius 3 is 2.62 bits per heavy atom. The maximum atomic E-state index is 13.6. The van der Waals surface area contributed by atoms with Gasteiger partial charge in [0.1, 0.15) is 18.4 Å². The van der Waals surface area contributed by atoms with Crippen LogP contribution in [0.5, 0.6) is 0 Å². The predicted molar refractivity (Wildman–Crippen MR) is 115 cm³/mol. The largest absolute Gasteiger partial charge is 0.368 e. The van der Waals surface area contributed by atoms with Crippen LogP contribution in [-0.2, 0) is 31.0 Å². The number of nitrogens with one attached hydrogen (secondary N) is 2. The first-order valence-electron chi connectivity index (χ1n) is 9.87. The van der Waals surface area contributed by atoms with Gasteiger partial charge in [-0.3, -0.25) is 14.4 Å². The Labute approximate surface area is 185 Å². The lowest BCUT2D eigenvalue weighted by molar-refractivity contribution is -0.126. The monoisotopic (exact) mass is 463 g/mol. The van der Waals surface area contributed by atoms with Gasteiger partial charge in [-0.25, -0.2) is 14.7 Å². The molecule has 1 aromatic heterocycles. The molecular weight excluding hydrogens is 438 g/mol.